The lowest BCUT2D eigenvalue weighted by molar-refractivity contribution is -0.136. The molecule has 16 heavy (non-hydrogen) atoms. The Bertz CT molecular complexity index is 680. The molecule has 1 saturated carbocycles. The van der Waals surface area contributed by atoms with Gasteiger partial charge in [0.1, 0.15) is 11.6 Å². The Hall–Kier alpha value is -0.900. The summed E-state index contributed by atoms with van der Waals surface area (Å²) >= 11 is 5.95. The van der Waals surface area contributed by atoms with Gasteiger partial charge in [0.05, 0.1) is 6.85 Å². The Morgan fingerprint density at radius 3 is 3.12 bits per heavy atom. The van der Waals surface area contributed by atoms with Crippen molar-refractivity contribution in [2.75, 3.05) is 0 Å². The smallest absolute Gasteiger partial charge is 0.185 e. The first-order chi connectivity index (χ1) is 10.3. The maximum Gasteiger partial charge on any atom is 0.185 e. The fourth-order valence-corrected chi connectivity index (χ4v) is 1.89. The molecule has 3 N–H and O–H groups in total. The quantitative estimate of drug-likeness (QED) is 0.791. The van der Waals surface area contributed by atoms with Crippen LogP contribution in [-0.2, 0) is 10.3 Å². The molecule has 1 fully saturated rings. The van der Waals surface area contributed by atoms with Gasteiger partial charge in [0.25, 0.3) is 0 Å². The standard InChI is InChI=1S/C12H14ClNO2/c13-9-5-2-1-4-8(9)12(14)7-3-6-10(15)11(12)16/h1-2,4-5,10,15H,3,6-7,14H2/i1D,2D,4D,5D,6D2,10D. The number of rotatable bonds is 1. The van der Waals surface area contributed by atoms with Gasteiger partial charge in [-0.05, 0) is 30.8 Å². The van der Waals surface area contributed by atoms with Crippen LogP contribution in [0.4, 0.5) is 0 Å². The first-order valence-electron chi connectivity index (χ1n) is 8.11. The third-order valence-corrected chi connectivity index (χ3v) is 2.80. The van der Waals surface area contributed by atoms with E-state index >= 15 is 0 Å². The number of aliphatic hydroxyl groups is 1. The van der Waals surface area contributed by atoms with Crippen LogP contribution < -0.4 is 5.73 Å². The van der Waals surface area contributed by atoms with Gasteiger partial charge in [-0.3, -0.25) is 4.79 Å². The van der Waals surface area contributed by atoms with E-state index in [0.29, 0.717) is 0 Å². The van der Waals surface area contributed by atoms with Crippen LogP contribution in [0, 0.1) is 0 Å². The highest BCUT2D eigenvalue weighted by atomic mass is 35.5. The lowest BCUT2D eigenvalue weighted by Crippen LogP contribution is -2.52. The van der Waals surface area contributed by atoms with Gasteiger partial charge in [-0.1, -0.05) is 29.7 Å². The van der Waals surface area contributed by atoms with Crippen molar-refractivity contribution in [1.82, 2.24) is 0 Å². The molecule has 2 rings (SSSR count). The second-order valence-corrected chi connectivity index (χ2v) is 3.89. The number of ketones is 1. The predicted octanol–water partition coefficient (Wildman–Crippen LogP) is 1.61. The summed E-state index contributed by atoms with van der Waals surface area (Å²) in [6.45, 7) is 0. The first kappa shape index (κ1) is 5.63. The Labute approximate surface area is 109 Å². The van der Waals surface area contributed by atoms with Gasteiger partial charge in [0.15, 0.2) is 5.78 Å². The average Bonchev–Trinajstić information content (AvgIpc) is 2.47. The number of benzene rings is 1. The largest absolute Gasteiger partial charge is 0.385 e. The summed E-state index contributed by atoms with van der Waals surface area (Å²) in [5, 5.41) is 9.49. The molecule has 0 saturated heterocycles. The Morgan fingerprint density at radius 1 is 1.69 bits per heavy atom. The molecule has 1 aromatic carbocycles. The minimum atomic E-state index is -3.15. The molecule has 0 bridgehead atoms. The van der Waals surface area contributed by atoms with E-state index in [2.05, 4.69) is 0 Å². The number of carbonyl (C=O) groups excluding carboxylic acids is 1. The van der Waals surface area contributed by atoms with Crippen LogP contribution in [0.2, 0.25) is 5.02 Å². The van der Waals surface area contributed by atoms with Crippen molar-refractivity contribution in [3.05, 3.63) is 34.8 Å². The van der Waals surface area contributed by atoms with Crippen molar-refractivity contribution >= 4 is 17.4 Å². The highest BCUT2D eigenvalue weighted by Crippen LogP contribution is 2.35. The molecule has 0 aromatic heterocycles. The molecule has 4 heteroatoms. The van der Waals surface area contributed by atoms with Crippen LogP contribution in [0.5, 0.6) is 0 Å². The monoisotopic (exact) mass is 246 g/mol. The summed E-state index contributed by atoms with van der Waals surface area (Å²) in [5.41, 5.74) is 3.36. The zero-order chi connectivity index (χ0) is 18.0. The maximum absolute atomic E-state index is 12.5. The maximum atomic E-state index is 12.5. The van der Waals surface area contributed by atoms with Gasteiger partial charge < -0.3 is 10.8 Å². The summed E-state index contributed by atoms with van der Waals surface area (Å²) in [6, 6.07) is -2.51. The van der Waals surface area contributed by atoms with E-state index in [9.17, 15) is 9.90 Å². The predicted molar refractivity (Wildman–Crippen MR) is 62.2 cm³/mol. The van der Waals surface area contributed by atoms with Crippen molar-refractivity contribution in [2.24, 2.45) is 5.73 Å². The molecule has 86 valence electrons. The molecule has 0 heterocycles. The normalized spacial score (nSPS) is 44.4. The molecule has 1 aliphatic carbocycles. The number of Topliss-reactive ketones (excluding diaryl/α,β-unsaturated/α-hetero) is 1. The van der Waals surface area contributed by atoms with Crippen molar-refractivity contribution in [1.29, 1.82) is 0 Å². The summed E-state index contributed by atoms with van der Waals surface area (Å²) in [6.07, 6.45) is -6.50. The van der Waals surface area contributed by atoms with Crippen LogP contribution in [0.15, 0.2) is 24.2 Å². The highest BCUT2D eigenvalue weighted by Gasteiger charge is 2.43. The van der Waals surface area contributed by atoms with Crippen molar-refractivity contribution in [2.45, 2.75) is 30.8 Å². The van der Waals surface area contributed by atoms with Gasteiger partial charge in [-0.25, -0.2) is 0 Å². The zero-order valence-electron chi connectivity index (χ0n) is 15.2. The molecule has 0 amide bonds. The summed E-state index contributed by atoms with van der Waals surface area (Å²) in [7, 11) is 0. The molecule has 0 aliphatic heterocycles. The van der Waals surface area contributed by atoms with Gasteiger partial charge >= 0.3 is 0 Å². The van der Waals surface area contributed by atoms with Crippen LogP contribution >= 0.6 is 11.6 Å². The molecule has 0 radical (unpaired) electrons. The van der Waals surface area contributed by atoms with Crippen LogP contribution in [0.3, 0.4) is 0 Å². The average molecular weight is 247 g/mol. The molecule has 3 nitrogen and oxygen atoms in total. The fraction of sp³-hybridized carbons (Fsp3) is 0.417. The first-order valence-corrected chi connectivity index (χ1v) is 4.99. The molecule has 2 atom stereocenters. The Morgan fingerprint density at radius 2 is 2.38 bits per heavy atom. The van der Waals surface area contributed by atoms with Crippen molar-refractivity contribution < 1.29 is 19.5 Å². The number of carbonyl (C=O) groups is 1. The molecule has 0 spiro atoms. The number of halogens is 1. The minimum absolute atomic E-state index is 0.359. The van der Waals surface area contributed by atoms with E-state index < -0.39 is 65.0 Å². The Kier molecular flexibility index (Phi) is 1.46. The molecule has 1 aliphatic rings. The second-order valence-electron chi connectivity index (χ2n) is 3.51. The summed E-state index contributed by atoms with van der Waals surface area (Å²) < 4.78 is 53.6. The summed E-state index contributed by atoms with van der Waals surface area (Å²) in [5.74, 6) is -1.40. The lowest BCUT2D eigenvalue weighted by Gasteiger charge is -2.35. The van der Waals surface area contributed by atoms with Crippen molar-refractivity contribution in [3.8, 4) is 0 Å². The van der Waals surface area contributed by atoms with E-state index in [1.165, 1.54) is 0 Å². The third-order valence-electron chi connectivity index (χ3n) is 2.52. The minimum Gasteiger partial charge on any atom is -0.385 e. The number of hydrogen-bond acceptors (Lipinski definition) is 3. The third kappa shape index (κ3) is 1.75. The van der Waals surface area contributed by atoms with E-state index in [1.807, 2.05) is 0 Å². The lowest BCUT2D eigenvalue weighted by atomic mass is 9.75. The van der Waals surface area contributed by atoms with Crippen LogP contribution in [0.1, 0.15) is 34.4 Å². The van der Waals surface area contributed by atoms with Gasteiger partial charge in [0, 0.05) is 7.76 Å². The zero-order valence-corrected chi connectivity index (χ0v) is 8.98. The Balaban J connectivity index is 2.75. The number of nitrogens with two attached hydrogens (primary N) is 1. The SMILES string of the molecule is [2H]c1c([2H])c([2H])c(C2(N)CCC([2H])([2H])C([2H])(O)C2=O)c(Cl)c1[2H]. The van der Waals surface area contributed by atoms with Crippen molar-refractivity contribution in [3.63, 3.8) is 0 Å². The molecular weight excluding hydrogens is 226 g/mol. The van der Waals surface area contributed by atoms with Gasteiger partial charge in [0.2, 0.25) is 0 Å². The topological polar surface area (TPSA) is 63.3 Å². The van der Waals surface area contributed by atoms with Gasteiger partial charge in [-0.15, -0.1) is 0 Å². The van der Waals surface area contributed by atoms with E-state index in [-0.39, 0.29) is 6.42 Å². The van der Waals surface area contributed by atoms with E-state index in [4.69, 9.17) is 26.9 Å². The van der Waals surface area contributed by atoms with Crippen LogP contribution in [-0.4, -0.2) is 17.0 Å². The van der Waals surface area contributed by atoms with E-state index in [0.717, 1.165) is 0 Å². The molecular formula is C12H14ClNO2. The van der Waals surface area contributed by atoms with Gasteiger partial charge in [-0.2, -0.15) is 0 Å². The molecule has 2 unspecified atom stereocenters. The fourth-order valence-electron chi connectivity index (χ4n) is 1.63. The second kappa shape index (κ2) is 4.17. The van der Waals surface area contributed by atoms with E-state index in [1.54, 1.807) is 0 Å². The highest BCUT2D eigenvalue weighted by molar-refractivity contribution is 6.31. The molecule has 1 aromatic rings. The summed E-state index contributed by atoms with van der Waals surface area (Å²) in [4.78, 5) is 12.5. The number of hydrogen-bond donors (Lipinski definition) is 2. The van der Waals surface area contributed by atoms with Crippen LogP contribution in [0.25, 0.3) is 0 Å².